The topological polar surface area (TPSA) is 138 Å². The lowest BCUT2D eigenvalue weighted by molar-refractivity contribution is -0.307. The summed E-state index contributed by atoms with van der Waals surface area (Å²) in [6, 6.07) is 10.9. The van der Waals surface area contributed by atoms with Gasteiger partial charge in [0.1, 0.15) is 0 Å². The van der Waals surface area contributed by atoms with E-state index in [0.717, 1.165) is 22.3 Å². The molecule has 29 heavy (non-hydrogen) atoms. The zero-order valence-electron chi connectivity index (χ0n) is 15.4. The zero-order valence-corrected chi connectivity index (χ0v) is 15.4. The SMILES string of the molecule is O=C([O-])CCC(=O)Nc1ccc2c(c1)-c1cc(NC(=O)CCC(=O)[O-])ccc1C2. The standard InChI is InChI=1S/C21H20N2O6/c24-18(5-7-20(26)27)22-14-3-1-12-9-13-2-4-15(11-17(13)16(12)10-14)23-19(25)6-8-21(28)29/h1-4,10-11H,5-9H2,(H,22,24)(H,23,25)(H,26,27)(H,28,29)/p-2. The number of carbonyl (C=O) groups is 4. The fourth-order valence-electron chi connectivity index (χ4n) is 3.20. The minimum Gasteiger partial charge on any atom is -0.550 e. The van der Waals surface area contributed by atoms with Gasteiger partial charge in [0.05, 0.1) is 0 Å². The van der Waals surface area contributed by atoms with Crippen LogP contribution in [0.4, 0.5) is 11.4 Å². The maximum absolute atomic E-state index is 11.9. The molecule has 0 aliphatic heterocycles. The van der Waals surface area contributed by atoms with Crippen molar-refractivity contribution in [3.63, 3.8) is 0 Å². The van der Waals surface area contributed by atoms with E-state index in [1.807, 2.05) is 12.1 Å². The van der Waals surface area contributed by atoms with Crippen LogP contribution in [0, 0.1) is 0 Å². The van der Waals surface area contributed by atoms with Gasteiger partial charge < -0.3 is 30.4 Å². The molecular formula is C21H18N2O6-2. The van der Waals surface area contributed by atoms with E-state index in [9.17, 15) is 29.4 Å². The molecule has 8 heteroatoms. The van der Waals surface area contributed by atoms with Gasteiger partial charge in [-0.15, -0.1) is 0 Å². The Balaban J connectivity index is 1.74. The molecule has 1 aliphatic carbocycles. The number of benzene rings is 2. The van der Waals surface area contributed by atoms with Gasteiger partial charge in [0, 0.05) is 36.2 Å². The zero-order chi connectivity index (χ0) is 21.0. The Hall–Kier alpha value is -3.68. The molecule has 0 bridgehead atoms. The molecule has 0 aromatic heterocycles. The van der Waals surface area contributed by atoms with E-state index in [1.54, 1.807) is 24.3 Å². The van der Waals surface area contributed by atoms with Crippen LogP contribution in [-0.2, 0) is 25.6 Å². The lowest BCUT2D eigenvalue weighted by Gasteiger charge is -2.10. The predicted octanol–water partition coefficient (Wildman–Crippen LogP) is 0.195. The van der Waals surface area contributed by atoms with E-state index in [4.69, 9.17) is 0 Å². The lowest BCUT2D eigenvalue weighted by atomic mass is 10.0. The van der Waals surface area contributed by atoms with Crippen LogP contribution >= 0.6 is 0 Å². The minimum absolute atomic E-state index is 0.169. The molecule has 0 saturated carbocycles. The van der Waals surface area contributed by atoms with E-state index < -0.39 is 23.8 Å². The van der Waals surface area contributed by atoms with Gasteiger partial charge >= 0.3 is 0 Å². The largest absolute Gasteiger partial charge is 0.550 e. The van der Waals surface area contributed by atoms with Crippen LogP contribution in [0.15, 0.2) is 36.4 Å². The summed E-state index contributed by atoms with van der Waals surface area (Å²) < 4.78 is 0. The number of aliphatic carboxylic acids is 2. The average Bonchev–Trinajstić information content (AvgIpc) is 3.02. The van der Waals surface area contributed by atoms with Crippen molar-refractivity contribution in [3.05, 3.63) is 47.5 Å². The molecular weight excluding hydrogens is 376 g/mol. The average molecular weight is 394 g/mol. The normalized spacial score (nSPS) is 11.3. The van der Waals surface area contributed by atoms with Crippen molar-refractivity contribution in [1.29, 1.82) is 0 Å². The fourth-order valence-corrected chi connectivity index (χ4v) is 3.20. The number of fused-ring (bicyclic) bond motifs is 3. The Labute approximate surface area is 166 Å². The third-order valence-corrected chi connectivity index (χ3v) is 4.57. The van der Waals surface area contributed by atoms with Crippen molar-refractivity contribution in [2.24, 2.45) is 0 Å². The Morgan fingerprint density at radius 2 is 1.10 bits per heavy atom. The van der Waals surface area contributed by atoms with E-state index in [1.165, 1.54) is 0 Å². The molecule has 2 aromatic rings. The molecule has 8 nitrogen and oxygen atoms in total. The quantitative estimate of drug-likeness (QED) is 0.559. The summed E-state index contributed by atoms with van der Waals surface area (Å²) >= 11 is 0. The second-order valence-corrected chi connectivity index (χ2v) is 6.76. The number of anilines is 2. The Morgan fingerprint density at radius 3 is 1.48 bits per heavy atom. The third kappa shape index (κ3) is 5.19. The summed E-state index contributed by atoms with van der Waals surface area (Å²) in [5, 5.41) is 26.3. The van der Waals surface area contributed by atoms with Crippen LogP contribution in [0.2, 0.25) is 0 Å². The van der Waals surface area contributed by atoms with Gasteiger partial charge in [-0.2, -0.15) is 0 Å². The Kier molecular flexibility index (Phi) is 5.92. The Morgan fingerprint density at radius 1 is 0.690 bits per heavy atom. The Bertz CT molecular complexity index is 919. The van der Waals surface area contributed by atoms with Gasteiger partial charge in [0.2, 0.25) is 11.8 Å². The highest BCUT2D eigenvalue weighted by Gasteiger charge is 2.20. The summed E-state index contributed by atoms with van der Waals surface area (Å²) in [6.45, 7) is 0. The van der Waals surface area contributed by atoms with Crippen molar-refractivity contribution in [1.82, 2.24) is 0 Å². The van der Waals surface area contributed by atoms with Crippen LogP contribution in [0.5, 0.6) is 0 Å². The third-order valence-electron chi connectivity index (χ3n) is 4.57. The van der Waals surface area contributed by atoms with Crippen molar-refractivity contribution in [2.75, 3.05) is 10.6 Å². The summed E-state index contributed by atoms with van der Waals surface area (Å²) in [6.07, 6.45) is -0.320. The van der Waals surface area contributed by atoms with Crippen molar-refractivity contribution in [3.8, 4) is 11.1 Å². The van der Waals surface area contributed by atoms with Gasteiger partial charge in [0.15, 0.2) is 0 Å². The highest BCUT2D eigenvalue weighted by molar-refractivity contribution is 5.95. The van der Waals surface area contributed by atoms with Gasteiger partial charge in [-0.3, -0.25) is 9.59 Å². The lowest BCUT2D eigenvalue weighted by Crippen LogP contribution is -2.24. The summed E-state index contributed by atoms with van der Waals surface area (Å²) in [5.41, 5.74) is 5.03. The number of nitrogens with one attached hydrogen (secondary N) is 2. The number of hydrogen-bond acceptors (Lipinski definition) is 6. The minimum atomic E-state index is -1.28. The number of carbonyl (C=O) groups excluding carboxylic acids is 4. The van der Waals surface area contributed by atoms with Crippen molar-refractivity contribution in [2.45, 2.75) is 32.1 Å². The van der Waals surface area contributed by atoms with Gasteiger partial charge in [0.25, 0.3) is 0 Å². The molecule has 0 fully saturated rings. The molecule has 2 amide bonds. The van der Waals surface area contributed by atoms with Crippen LogP contribution in [0.25, 0.3) is 11.1 Å². The molecule has 2 aromatic carbocycles. The summed E-state index contributed by atoms with van der Waals surface area (Å²) in [4.78, 5) is 44.7. The van der Waals surface area contributed by atoms with Crippen LogP contribution < -0.4 is 20.8 Å². The van der Waals surface area contributed by atoms with E-state index in [2.05, 4.69) is 10.6 Å². The molecule has 0 unspecified atom stereocenters. The van der Waals surface area contributed by atoms with Gasteiger partial charge in [-0.25, -0.2) is 0 Å². The molecule has 3 rings (SSSR count). The van der Waals surface area contributed by atoms with Crippen molar-refractivity contribution >= 4 is 35.1 Å². The molecule has 2 N–H and O–H groups in total. The monoisotopic (exact) mass is 394 g/mol. The number of hydrogen-bond donors (Lipinski definition) is 2. The number of carboxylic acid groups (broad SMARTS) is 2. The fraction of sp³-hybridized carbons (Fsp3) is 0.238. The van der Waals surface area contributed by atoms with Crippen LogP contribution in [0.1, 0.15) is 36.8 Å². The van der Waals surface area contributed by atoms with Crippen molar-refractivity contribution < 1.29 is 29.4 Å². The second kappa shape index (κ2) is 8.55. The summed E-state index contributed by atoms with van der Waals surface area (Å²) in [7, 11) is 0. The first-order valence-electron chi connectivity index (χ1n) is 9.07. The number of carboxylic acids is 2. The predicted molar refractivity (Wildman–Crippen MR) is 100 cm³/mol. The first-order chi connectivity index (χ1) is 13.8. The number of amides is 2. The second-order valence-electron chi connectivity index (χ2n) is 6.76. The van der Waals surface area contributed by atoms with Gasteiger partial charge in [-0.05, 0) is 65.8 Å². The first kappa shape index (κ1) is 20.1. The molecule has 150 valence electrons. The maximum Gasteiger partial charge on any atom is 0.224 e. The van der Waals surface area contributed by atoms with E-state index in [0.29, 0.717) is 17.8 Å². The highest BCUT2D eigenvalue weighted by atomic mass is 16.4. The molecule has 0 atom stereocenters. The molecule has 0 spiro atoms. The summed E-state index contributed by atoms with van der Waals surface area (Å²) in [5.74, 6) is -3.39. The first-order valence-corrected chi connectivity index (χ1v) is 9.07. The van der Waals surface area contributed by atoms with E-state index in [-0.39, 0.29) is 25.7 Å². The highest BCUT2D eigenvalue weighted by Crippen LogP contribution is 2.39. The smallest absolute Gasteiger partial charge is 0.224 e. The van der Waals surface area contributed by atoms with Crippen LogP contribution in [-0.4, -0.2) is 23.8 Å². The van der Waals surface area contributed by atoms with E-state index >= 15 is 0 Å². The number of rotatable bonds is 8. The van der Waals surface area contributed by atoms with Gasteiger partial charge in [-0.1, -0.05) is 12.1 Å². The maximum atomic E-state index is 11.9. The van der Waals surface area contributed by atoms with Crippen LogP contribution in [0.3, 0.4) is 0 Å². The molecule has 0 radical (unpaired) electrons. The molecule has 1 aliphatic rings. The molecule has 0 saturated heterocycles. The molecule has 0 heterocycles.